The highest BCUT2D eigenvalue weighted by Crippen LogP contribution is 2.25. The van der Waals surface area contributed by atoms with E-state index in [1.54, 1.807) is 24.3 Å². The summed E-state index contributed by atoms with van der Waals surface area (Å²) < 4.78 is 13.9. The van der Waals surface area contributed by atoms with Crippen molar-refractivity contribution in [2.75, 3.05) is 0 Å². The molecule has 2 rings (SSSR count). The number of hydrogen-bond donors (Lipinski definition) is 1. The molecule has 0 heterocycles. The van der Waals surface area contributed by atoms with Gasteiger partial charge in [0.05, 0.1) is 17.2 Å². The Morgan fingerprint density at radius 3 is 2.39 bits per heavy atom. The Balaban J connectivity index is 2.54. The number of nitriles is 1. The Hall–Kier alpha value is -2.67. The number of carboxylic acid groups (broad SMARTS) is 1. The Bertz CT molecular complexity index is 642. The van der Waals surface area contributed by atoms with Crippen molar-refractivity contribution in [3.8, 4) is 17.2 Å². The lowest BCUT2D eigenvalue weighted by Gasteiger charge is -2.05. The van der Waals surface area contributed by atoms with Gasteiger partial charge < -0.3 is 5.11 Å². The zero-order valence-electron chi connectivity index (χ0n) is 9.22. The summed E-state index contributed by atoms with van der Waals surface area (Å²) in [6, 6.07) is 12.5. The van der Waals surface area contributed by atoms with Crippen LogP contribution in [0.5, 0.6) is 0 Å². The van der Waals surface area contributed by atoms with E-state index in [9.17, 15) is 9.18 Å². The molecular weight excluding hydrogens is 233 g/mol. The van der Waals surface area contributed by atoms with Crippen LogP contribution >= 0.6 is 0 Å². The minimum atomic E-state index is -1.30. The molecule has 2 aromatic rings. The monoisotopic (exact) mass is 241 g/mol. The van der Waals surface area contributed by atoms with Crippen LogP contribution < -0.4 is 0 Å². The van der Waals surface area contributed by atoms with E-state index in [0.29, 0.717) is 11.1 Å². The maximum absolute atomic E-state index is 13.9. The fourth-order valence-corrected chi connectivity index (χ4v) is 1.64. The summed E-state index contributed by atoms with van der Waals surface area (Å²) in [7, 11) is 0. The molecule has 1 N–H and O–H groups in total. The van der Waals surface area contributed by atoms with Gasteiger partial charge in [-0.2, -0.15) is 5.26 Å². The minimum absolute atomic E-state index is 0.208. The fourth-order valence-electron chi connectivity index (χ4n) is 1.64. The van der Waals surface area contributed by atoms with Crippen molar-refractivity contribution in [3.05, 3.63) is 59.4 Å². The predicted molar refractivity (Wildman–Crippen MR) is 63.5 cm³/mol. The van der Waals surface area contributed by atoms with Crippen molar-refractivity contribution in [1.82, 2.24) is 0 Å². The summed E-state index contributed by atoms with van der Waals surface area (Å²) in [5, 5.41) is 17.5. The molecule has 0 atom stereocenters. The Kier molecular flexibility index (Phi) is 3.07. The van der Waals surface area contributed by atoms with Gasteiger partial charge >= 0.3 is 5.97 Å². The Labute approximate surface area is 103 Å². The molecule has 18 heavy (non-hydrogen) atoms. The highest BCUT2D eigenvalue weighted by atomic mass is 19.1. The molecule has 0 saturated carbocycles. The van der Waals surface area contributed by atoms with Gasteiger partial charge in [-0.3, -0.25) is 0 Å². The van der Waals surface area contributed by atoms with Gasteiger partial charge in [-0.1, -0.05) is 24.3 Å². The zero-order valence-corrected chi connectivity index (χ0v) is 9.22. The van der Waals surface area contributed by atoms with E-state index < -0.39 is 11.8 Å². The van der Waals surface area contributed by atoms with E-state index in [-0.39, 0.29) is 11.1 Å². The van der Waals surface area contributed by atoms with Crippen LogP contribution in [0, 0.1) is 17.1 Å². The SMILES string of the molecule is N#Cc1ccc(-c2cccc(C(=O)O)c2F)cc1. The molecule has 0 aliphatic rings. The summed E-state index contributed by atoms with van der Waals surface area (Å²) in [6.07, 6.45) is 0. The lowest BCUT2D eigenvalue weighted by atomic mass is 10.0. The highest BCUT2D eigenvalue weighted by molar-refractivity contribution is 5.90. The first kappa shape index (κ1) is 11.8. The van der Waals surface area contributed by atoms with Crippen molar-refractivity contribution in [3.63, 3.8) is 0 Å². The largest absolute Gasteiger partial charge is 0.478 e. The summed E-state index contributed by atoms with van der Waals surface area (Å²) in [6.45, 7) is 0. The zero-order chi connectivity index (χ0) is 13.1. The molecule has 0 aliphatic heterocycles. The van der Waals surface area contributed by atoms with E-state index in [0.717, 1.165) is 0 Å². The van der Waals surface area contributed by atoms with Crippen LogP contribution in [-0.4, -0.2) is 11.1 Å². The van der Waals surface area contributed by atoms with Crippen molar-refractivity contribution < 1.29 is 14.3 Å². The number of nitrogens with zero attached hydrogens (tertiary/aromatic N) is 1. The number of carboxylic acids is 1. The maximum atomic E-state index is 13.9. The maximum Gasteiger partial charge on any atom is 0.338 e. The first-order valence-corrected chi connectivity index (χ1v) is 5.16. The second-order valence-corrected chi connectivity index (χ2v) is 3.66. The van der Waals surface area contributed by atoms with Gasteiger partial charge in [0.25, 0.3) is 0 Å². The van der Waals surface area contributed by atoms with Gasteiger partial charge in [-0.05, 0) is 23.8 Å². The van der Waals surface area contributed by atoms with Gasteiger partial charge in [0.2, 0.25) is 0 Å². The molecule has 0 aliphatic carbocycles. The van der Waals surface area contributed by atoms with Crippen molar-refractivity contribution in [2.24, 2.45) is 0 Å². The molecule has 0 aromatic heterocycles. The Morgan fingerprint density at radius 2 is 1.83 bits per heavy atom. The highest BCUT2D eigenvalue weighted by Gasteiger charge is 2.14. The van der Waals surface area contributed by atoms with Gasteiger partial charge in [0.15, 0.2) is 0 Å². The fraction of sp³-hybridized carbons (Fsp3) is 0. The Morgan fingerprint density at radius 1 is 1.17 bits per heavy atom. The second kappa shape index (κ2) is 4.68. The standard InChI is InChI=1S/C14H8FNO2/c15-13-11(2-1-3-12(13)14(17)18)10-6-4-9(8-16)5-7-10/h1-7H,(H,17,18). The van der Waals surface area contributed by atoms with E-state index in [2.05, 4.69) is 0 Å². The topological polar surface area (TPSA) is 61.1 Å². The predicted octanol–water partition coefficient (Wildman–Crippen LogP) is 3.06. The van der Waals surface area contributed by atoms with Crippen LogP contribution in [0.25, 0.3) is 11.1 Å². The number of rotatable bonds is 2. The normalized spacial score (nSPS) is 9.78. The number of aromatic carboxylic acids is 1. The van der Waals surface area contributed by atoms with Crippen LogP contribution in [0.4, 0.5) is 4.39 Å². The van der Waals surface area contributed by atoms with Crippen LogP contribution in [0.1, 0.15) is 15.9 Å². The van der Waals surface area contributed by atoms with Crippen LogP contribution in [0.15, 0.2) is 42.5 Å². The quantitative estimate of drug-likeness (QED) is 0.878. The summed E-state index contributed by atoms with van der Waals surface area (Å²) >= 11 is 0. The molecular formula is C14H8FNO2. The lowest BCUT2D eigenvalue weighted by Crippen LogP contribution is -2.01. The second-order valence-electron chi connectivity index (χ2n) is 3.66. The van der Waals surface area contributed by atoms with Crippen LogP contribution in [0.2, 0.25) is 0 Å². The average Bonchev–Trinajstić information content (AvgIpc) is 2.39. The smallest absolute Gasteiger partial charge is 0.338 e. The summed E-state index contributed by atoms with van der Waals surface area (Å²) in [5.41, 5.74) is 0.847. The minimum Gasteiger partial charge on any atom is -0.478 e. The summed E-state index contributed by atoms with van der Waals surface area (Å²) in [4.78, 5) is 10.8. The molecule has 4 heteroatoms. The number of benzene rings is 2. The lowest BCUT2D eigenvalue weighted by molar-refractivity contribution is 0.0692. The van der Waals surface area contributed by atoms with Gasteiger partial charge in [0.1, 0.15) is 5.82 Å². The molecule has 0 unspecified atom stereocenters. The molecule has 2 aromatic carbocycles. The van der Waals surface area contributed by atoms with Gasteiger partial charge in [0, 0.05) is 5.56 Å². The number of carbonyl (C=O) groups is 1. The van der Waals surface area contributed by atoms with E-state index in [4.69, 9.17) is 10.4 Å². The molecule has 0 spiro atoms. The van der Waals surface area contributed by atoms with Crippen molar-refractivity contribution in [2.45, 2.75) is 0 Å². The molecule has 88 valence electrons. The van der Waals surface area contributed by atoms with E-state index in [1.807, 2.05) is 6.07 Å². The van der Waals surface area contributed by atoms with Crippen molar-refractivity contribution >= 4 is 5.97 Å². The third-order valence-electron chi connectivity index (χ3n) is 2.55. The average molecular weight is 241 g/mol. The first-order valence-electron chi connectivity index (χ1n) is 5.16. The molecule has 0 radical (unpaired) electrons. The molecule has 0 fully saturated rings. The summed E-state index contributed by atoms with van der Waals surface area (Å²) in [5.74, 6) is -2.07. The van der Waals surface area contributed by atoms with Crippen LogP contribution in [-0.2, 0) is 0 Å². The number of hydrogen-bond acceptors (Lipinski definition) is 2. The van der Waals surface area contributed by atoms with Crippen LogP contribution in [0.3, 0.4) is 0 Å². The third-order valence-corrected chi connectivity index (χ3v) is 2.55. The van der Waals surface area contributed by atoms with E-state index >= 15 is 0 Å². The molecule has 0 saturated heterocycles. The molecule has 0 bridgehead atoms. The molecule has 0 amide bonds. The van der Waals surface area contributed by atoms with E-state index in [1.165, 1.54) is 18.2 Å². The molecule has 3 nitrogen and oxygen atoms in total. The van der Waals surface area contributed by atoms with Gasteiger partial charge in [-0.15, -0.1) is 0 Å². The van der Waals surface area contributed by atoms with Crippen molar-refractivity contribution in [1.29, 1.82) is 5.26 Å². The first-order chi connectivity index (χ1) is 8.63. The third kappa shape index (κ3) is 2.06. The number of halogens is 1. The van der Waals surface area contributed by atoms with Gasteiger partial charge in [-0.25, -0.2) is 9.18 Å².